The van der Waals surface area contributed by atoms with E-state index in [2.05, 4.69) is 5.32 Å². The van der Waals surface area contributed by atoms with Crippen molar-refractivity contribution in [3.8, 4) is 0 Å². The Hall–Kier alpha value is -0.810. The van der Waals surface area contributed by atoms with Gasteiger partial charge in [0.15, 0.2) is 24.0 Å². The van der Waals surface area contributed by atoms with Crippen molar-refractivity contribution in [1.82, 2.24) is 5.32 Å². The predicted molar refractivity (Wildman–Crippen MR) is 81.1 cm³/mol. The molecule has 4 aliphatic rings. The third-order valence-corrected chi connectivity index (χ3v) is 5.04. The average Bonchev–Trinajstić information content (AvgIpc) is 2.97. The first-order valence-electron chi connectivity index (χ1n) is 8.60. The quantitative estimate of drug-likeness (QED) is 0.546. The standard InChI is InChI=1S/C16H25NO8/c1-15(2)22-10-9(6-5-7(18)8(19)13(20)17-6)21-14-12(11(10)23-15)24-16(3,4)25-14/h6-12,14,18-19H,5H2,1-4H3,(H,17,20)/t6-,7+,8+,9+,10-,11-,12+,14+/m0/s1. The van der Waals surface area contributed by atoms with Gasteiger partial charge in [-0.05, 0) is 34.1 Å². The molecule has 4 aliphatic heterocycles. The summed E-state index contributed by atoms with van der Waals surface area (Å²) in [4.78, 5) is 11.9. The Balaban J connectivity index is 1.61. The Morgan fingerprint density at radius 3 is 2.12 bits per heavy atom. The van der Waals surface area contributed by atoms with Crippen LogP contribution >= 0.6 is 0 Å². The molecular formula is C16H25NO8. The van der Waals surface area contributed by atoms with Gasteiger partial charge >= 0.3 is 0 Å². The fourth-order valence-electron chi connectivity index (χ4n) is 4.07. The summed E-state index contributed by atoms with van der Waals surface area (Å²) < 4.78 is 29.8. The van der Waals surface area contributed by atoms with E-state index in [0.29, 0.717) is 0 Å². The molecule has 0 aromatic heterocycles. The maximum Gasteiger partial charge on any atom is 0.251 e. The fraction of sp³-hybridized carbons (Fsp3) is 0.938. The zero-order valence-corrected chi connectivity index (χ0v) is 14.7. The zero-order chi connectivity index (χ0) is 18.1. The van der Waals surface area contributed by atoms with Crippen LogP contribution in [0.2, 0.25) is 0 Å². The van der Waals surface area contributed by atoms with Crippen LogP contribution in [-0.4, -0.2) is 76.7 Å². The molecule has 0 aromatic carbocycles. The van der Waals surface area contributed by atoms with Crippen molar-refractivity contribution in [1.29, 1.82) is 0 Å². The molecule has 9 heteroatoms. The summed E-state index contributed by atoms with van der Waals surface area (Å²) in [5.74, 6) is -2.29. The number of aliphatic hydroxyl groups excluding tert-OH is 2. The first-order valence-corrected chi connectivity index (χ1v) is 8.60. The Morgan fingerprint density at radius 1 is 0.920 bits per heavy atom. The number of ether oxygens (including phenoxy) is 5. The van der Waals surface area contributed by atoms with E-state index in [-0.39, 0.29) is 6.42 Å². The van der Waals surface area contributed by atoms with Gasteiger partial charge in [-0.1, -0.05) is 0 Å². The van der Waals surface area contributed by atoms with Crippen molar-refractivity contribution >= 4 is 5.91 Å². The molecule has 4 saturated heterocycles. The van der Waals surface area contributed by atoms with Crippen molar-refractivity contribution in [3.63, 3.8) is 0 Å². The molecule has 0 spiro atoms. The van der Waals surface area contributed by atoms with Crippen LogP contribution < -0.4 is 5.32 Å². The number of carbonyl (C=O) groups excluding carboxylic acids is 1. The minimum Gasteiger partial charge on any atom is -0.390 e. The molecule has 0 unspecified atom stereocenters. The first-order chi connectivity index (χ1) is 11.6. The number of amides is 1. The smallest absolute Gasteiger partial charge is 0.251 e. The van der Waals surface area contributed by atoms with Crippen LogP contribution in [0.3, 0.4) is 0 Å². The van der Waals surface area contributed by atoms with Gasteiger partial charge in [0, 0.05) is 0 Å². The maximum absolute atomic E-state index is 11.9. The number of nitrogens with one attached hydrogen (secondary N) is 1. The van der Waals surface area contributed by atoms with Crippen LogP contribution in [0.5, 0.6) is 0 Å². The van der Waals surface area contributed by atoms with Gasteiger partial charge < -0.3 is 39.2 Å². The molecule has 0 aliphatic carbocycles. The minimum absolute atomic E-state index is 0.145. The van der Waals surface area contributed by atoms with E-state index in [0.717, 1.165) is 0 Å². The van der Waals surface area contributed by atoms with E-state index < -0.39 is 66.4 Å². The van der Waals surface area contributed by atoms with Crippen molar-refractivity contribution in [2.75, 3.05) is 0 Å². The van der Waals surface area contributed by atoms with Crippen LogP contribution in [0.1, 0.15) is 34.1 Å². The first kappa shape index (κ1) is 17.6. The fourth-order valence-corrected chi connectivity index (χ4v) is 4.07. The summed E-state index contributed by atoms with van der Waals surface area (Å²) in [6, 6.07) is -0.538. The van der Waals surface area contributed by atoms with Gasteiger partial charge in [-0.3, -0.25) is 4.79 Å². The van der Waals surface area contributed by atoms with Gasteiger partial charge in [-0.25, -0.2) is 0 Å². The lowest BCUT2D eigenvalue weighted by atomic mass is 9.88. The topological polar surface area (TPSA) is 116 Å². The van der Waals surface area contributed by atoms with Gasteiger partial charge in [0.2, 0.25) is 0 Å². The normalized spacial score (nSPS) is 50.9. The summed E-state index contributed by atoms with van der Waals surface area (Å²) in [5.41, 5.74) is 0. The van der Waals surface area contributed by atoms with Gasteiger partial charge in [0.1, 0.15) is 24.4 Å². The summed E-state index contributed by atoms with van der Waals surface area (Å²) >= 11 is 0. The zero-order valence-electron chi connectivity index (χ0n) is 14.7. The van der Waals surface area contributed by atoms with Crippen LogP contribution in [-0.2, 0) is 28.5 Å². The molecule has 4 fully saturated rings. The number of rotatable bonds is 1. The van der Waals surface area contributed by atoms with E-state index in [1.54, 1.807) is 27.7 Å². The van der Waals surface area contributed by atoms with E-state index in [1.807, 2.05) is 0 Å². The molecule has 0 aromatic rings. The molecule has 25 heavy (non-hydrogen) atoms. The van der Waals surface area contributed by atoms with Crippen molar-refractivity contribution in [3.05, 3.63) is 0 Å². The number of aliphatic hydroxyl groups is 2. The number of hydrogen-bond donors (Lipinski definition) is 3. The molecule has 0 bridgehead atoms. The third-order valence-electron chi connectivity index (χ3n) is 5.04. The molecule has 4 rings (SSSR count). The minimum atomic E-state index is -1.44. The average molecular weight is 359 g/mol. The van der Waals surface area contributed by atoms with Crippen molar-refractivity contribution < 1.29 is 38.7 Å². The lowest BCUT2D eigenvalue weighted by Gasteiger charge is -2.43. The molecular weight excluding hydrogens is 334 g/mol. The van der Waals surface area contributed by atoms with Gasteiger partial charge in [0.25, 0.3) is 5.91 Å². The Kier molecular flexibility index (Phi) is 3.94. The lowest BCUT2D eigenvalue weighted by molar-refractivity contribution is -0.243. The van der Waals surface area contributed by atoms with Gasteiger partial charge in [0.05, 0.1) is 12.1 Å². The molecule has 9 nitrogen and oxygen atoms in total. The summed E-state index contributed by atoms with van der Waals surface area (Å²) in [6.45, 7) is 7.19. The molecule has 142 valence electrons. The highest BCUT2D eigenvalue weighted by Crippen LogP contribution is 2.45. The molecule has 4 heterocycles. The van der Waals surface area contributed by atoms with Crippen molar-refractivity contribution in [2.45, 2.75) is 94.6 Å². The van der Waals surface area contributed by atoms with Crippen LogP contribution in [0, 0.1) is 0 Å². The third kappa shape index (κ3) is 2.97. The van der Waals surface area contributed by atoms with Crippen molar-refractivity contribution in [2.24, 2.45) is 0 Å². The maximum atomic E-state index is 11.9. The summed E-state index contributed by atoms with van der Waals surface area (Å²) in [7, 11) is 0. The number of piperidine rings is 1. The number of fused-ring (bicyclic) bond motifs is 3. The predicted octanol–water partition coefficient (Wildman–Crippen LogP) is -1.01. The summed E-state index contributed by atoms with van der Waals surface area (Å²) in [5, 5.41) is 22.3. The second-order valence-corrected chi connectivity index (χ2v) is 8.00. The van der Waals surface area contributed by atoms with E-state index in [4.69, 9.17) is 23.7 Å². The lowest BCUT2D eigenvalue weighted by Crippen LogP contribution is -2.65. The highest BCUT2D eigenvalue weighted by Gasteiger charge is 2.62. The SMILES string of the molecule is CC1(C)O[C@@H]2[C@H](O1)[C@H]1OC(C)(C)O[C@H]1O[C@@H]2[C@@H]1C[C@@H](O)[C@@H](O)C(=O)N1. The van der Waals surface area contributed by atoms with E-state index in [1.165, 1.54) is 0 Å². The Labute approximate surface area is 145 Å². The molecule has 0 saturated carbocycles. The Morgan fingerprint density at radius 2 is 1.48 bits per heavy atom. The number of hydrogen-bond acceptors (Lipinski definition) is 8. The molecule has 3 N–H and O–H groups in total. The molecule has 0 radical (unpaired) electrons. The molecule has 1 amide bonds. The van der Waals surface area contributed by atoms with Gasteiger partial charge in [-0.15, -0.1) is 0 Å². The van der Waals surface area contributed by atoms with E-state index >= 15 is 0 Å². The Bertz CT molecular complexity index is 566. The second-order valence-electron chi connectivity index (χ2n) is 8.00. The van der Waals surface area contributed by atoms with Crippen LogP contribution in [0.15, 0.2) is 0 Å². The molecule has 8 atom stereocenters. The highest BCUT2D eigenvalue weighted by molar-refractivity contribution is 5.82. The highest BCUT2D eigenvalue weighted by atomic mass is 16.9. The van der Waals surface area contributed by atoms with E-state index in [9.17, 15) is 15.0 Å². The van der Waals surface area contributed by atoms with Crippen LogP contribution in [0.4, 0.5) is 0 Å². The van der Waals surface area contributed by atoms with Crippen LogP contribution in [0.25, 0.3) is 0 Å². The second kappa shape index (κ2) is 5.59. The largest absolute Gasteiger partial charge is 0.390 e. The number of carbonyl (C=O) groups is 1. The monoisotopic (exact) mass is 359 g/mol. The summed E-state index contributed by atoms with van der Waals surface area (Å²) in [6.07, 6.45) is -5.10. The van der Waals surface area contributed by atoms with Gasteiger partial charge in [-0.2, -0.15) is 0 Å².